The second kappa shape index (κ2) is 13.8. The van der Waals surface area contributed by atoms with Gasteiger partial charge in [0.15, 0.2) is 11.6 Å². The molecular weight excluding hydrogens is 795 g/mol. The summed E-state index contributed by atoms with van der Waals surface area (Å²) in [5.41, 5.74) is 10.7. The third-order valence-electron chi connectivity index (χ3n) is 13.1. The summed E-state index contributed by atoms with van der Waals surface area (Å²) in [4.78, 5) is 16.6. The van der Waals surface area contributed by atoms with Gasteiger partial charge < -0.3 is 8.98 Å². The second-order valence-electron chi connectivity index (χ2n) is 16.8. The van der Waals surface area contributed by atoms with E-state index in [4.69, 9.17) is 19.4 Å². The van der Waals surface area contributed by atoms with Crippen molar-refractivity contribution in [1.29, 1.82) is 0 Å². The van der Waals surface area contributed by atoms with Gasteiger partial charge in [-0.3, -0.25) is 4.57 Å². The molecule has 0 N–H and O–H groups in total. The Morgan fingerprint density at radius 1 is 0.323 bits per heavy atom. The fourth-order valence-corrected chi connectivity index (χ4v) is 10.3. The Morgan fingerprint density at radius 2 is 0.954 bits per heavy atom. The molecule has 0 aliphatic rings. The van der Waals surface area contributed by atoms with Gasteiger partial charge in [-0.05, 0) is 87.3 Å². The van der Waals surface area contributed by atoms with Crippen LogP contribution in [0.25, 0.3) is 133 Å². The third-order valence-corrected chi connectivity index (χ3v) is 13.1. The van der Waals surface area contributed by atoms with Crippen LogP contribution in [0.3, 0.4) is 0 Å². The lowest BCUT2D eigenvalue weighted by atomic mass is 10.0. The van der Waals surface area contributed by atoms with Crippen molar-refractivity contribution in [3.63, 3.8) is 0 Å². The predicted octanol–water partition coefficient (Wildman–Crippen LogP) is 15.3. The van der Waals surface area contributed by atoms with Crippen LogP contribution >= 0.6 is 0 Å². The van der Waals surface area contributed by atoms with Gasteiger partial charge >= 0.3 is 0 Å². The van der Waals surface area contributed by atoms with Crippen molar-refractivity contribution in [3.8, 4) is 45.5 Å². The number of fused-ring (bicyclic) bond motifs is 12. The summed E-state index contributed by atoms with van der Waals surface area (Å²) in [5, 5.41) is 11.3. The van der Waals surface area contributed by atoms with Crippen molar-refractivity contribution >= 4 is 87.1 Å². The zero-order valence-electron chi connectivity index (χ0n) is 34.9. The highest BCUT2D eigenvalue weighted by atomic mass is 16.3. The molecule has 0 amide bonds. The van der Waals surface area contributed by atoms with Gasteiger partial charge in [0.1, 0.15) is 11.2 Å². The zero-order valence-corrected chi connectivity index (χ0v) is 34.9. The van der Waals surface area contributed by atoms with Gasteiger partial charge in [-0.15, -0.1) is 0 Å². The number of para-hydroxylation sites is 3. The Kier molecular flexibility index (Phi) is 7.59. The first-order valence-electron chi connectivity index (χ1n) is 21.9. The molecule has 0 spiro atoms. The first kappa shape index (κ1) is 35.7. The maximum absolute atomic E-state index is 6.69. The van der Waals surface area contributed by atoms with Crippen LogP contribution in [0, 0.1) is 0 Å². The SMILES string of the molecule is c1ccc(-c2cccc(-c3nc(-c4c(-n5c6cc7ccccc7cc6c6c7ccccc7ccc65)ccc5oc6ccccc6c45)nc(-n4c5ccccc5c5ccccc54)n3)c2)cc1. The van der Waals surface area contributed by atoms with Gasteiger partial charge in [0.2, 0.25) is 5.95 Å². The van der Waals surface area contributed by atoms with E-state index in [1.54, 1.807) is 0 Å². The molecular formula is C59H35N5O. The predicted molar refractivity (Wildman–Crippen MR) is 267 cm³/mol. The summed E-state index contributed by atoms with van der Waals surface area (Å²) in [5.74, 6) is 1.64. The van der Waals surface area contributed by atoms with Crippen LogP contribution in [0.5, 0.6) is 0 Å². The third kappa shape index (κ3) is 5.38. The smallest absolute Gasteiger partial charge is 0.238 e. The molecule has 0 bridgehead atoms. The van der Waals surface area contributed by atoms with E-state index in [0.29, 0.717) is 17.6 Å². The molecule has 6 nitrogen and oxygen atoms in total. The molecule has 0 saturated carbocycles. The minimum absolute atomic E-state index is 0.530. The molecule has 0 radical (unpaired) electrons. The summed E-state index contributed by atoms with van der Waals surface area (Å²) in [6.45, 7) is 0. The van der Waals surface area contributed by atoms with Crippen molar-refractivity contribution < 1.29 is 4.42 Å². The van der Waals surface area contributed by atoms with E-state index >= 15 is 0 Å². The molecule has 0 saturated heterocycles. The van der Waals surface area contributed by atoms with Gasteiger partial charge in [-0.25, -0.2) is 4.98 Å². The molecule has 4 aromatic heterocycles. The number of furan rings is 1. The monoisotopic (exact) mass is 829 g/mol. The van der Waals surface area contributed by atoms with Crippen molar-refractivity contribution in [1.82, 2.24) is 24.1 Å². The number of rotatable bonds is 5. The normalized spacial score (nSPS) is 12.0. The van der Waals surface area contributed by atoms with E-state index in [0.717, 1.165) is 82.7 Å². The maximum atomic E-state index is 6.69. The maximum Gasteiger partial charge on any atom is 0.238 e. The lowest BCUT2D eigenvalue weighted by Gasteiger charge is -2.17. The van der Waals surface area contributed by atoms with E-state index in [9.17, 15) is 0 Å². The van der Waals surface area contributed by atoms with Crippen LogP contribution < -0.4 is 0 Å². The lowest BCUT2D eigenvalue weighted by molar-refractivity contribution is 0.669. The zero-order chi connectivity index (χ0) is 42.6. The van der Waals surface area contributed by atoms with Crippen LogP contribution in [0.15, 0.2) is 217 Å². The Balaban J connectivity index is 1.15. The van der Waals surface area contributed by atoms with Gasteiger partial charge in [0.05, 0.1) is 33.3 Å². The van der Waals surface area contributed by atoms with Crippen molar-refractivity contribution in [2.45, 2.75) is 0 Å². The molecule has 0 aliphatic carbocycles. The fourth-order valence-electron chi connectivity index (χ4n) is 10.3. The molecule has 0 aliphatic heterocycles. The summed E-state index contributed by atoms with van der Waals surface area (Å²) < 4.78 is 11.3. The Bertz CT molecular complexity index is 4200. The summed E-state index contributed by atoms with van der Waals surface area (Å²) in [7, 11) is 0. The number of nitrogens with zero attached hydrogens (tertiary/aromatic N) is 5. The molecule has 14 aromatic rings. The Hall–Kier alpha value is -8.87. The van der Waals surface area contributed by atoms with Crippen LogP contribution in [-0.2, 0) is 0 Å². The molecule has 302 valence electrons. The van der Waals surface area contributed by atoms with E-state index in [1.165, 1.54) is 32.3 Å². The molecule has 14 rings (SSSR count). The largest absolute Gasteiger partial charge is 0.456 e. The van der Waals surface area contributed by atoms with Gasteiger partial charge in [-0.1, -0.05) is 158 Å². The number of hydrogen-bond acceptors (Lipinski definition) is 4. The lowest BCUT2D eigenvalue weighted by Crippen LogP contribution is -2.08. The topological polar surface area (TPSA) is 61.7 Å². The number of hydrogen-bond donors (Lipinski definition) is 0. The highest BCUT2D eigenvalue weighted by molar-refractivity contribution is 6.24. The summed E-state index contributed by atoms with van der Waals surface area (Å²) in [6, 6.07) is 75.0. The van der Waals surface area contributed by atoms with E-state index < -0.39 is 0 Å². The standard InChI is InChI=1S/C59H35N5O/c1-2-15-36(16-3-1)38-20-14-21-41(33-38)57-60-58(62-59(61-57)64-47-26-11-8-23-43(47)44-24-9-12-27-48(44)64)56-50(31-32-53-55(56)45-25-10-13-28-52(45)65-53)63-49-30-29-37-17-6-7-22-42(37)54(49)46-34-39-18-4-5-19-40(39)35-51(46)63/h1-35H. The Morgan fingerprint density at radius 3 is 1.75 bits per heavy atom. The fraction of sp³-hybridized carbons (Fsp3) is 0. The highest BCUT2D eigenvalue weighted by Gasteiger charge is 2.26. The van der Waals surface area contributed by atoms with Gasteiger partial charge in [0, 0.05) is 37.9 Å². The molecule has 10 aromatic carbocycles. The average molecular weight is 830 g/mol. The number of benzene rings is 10. The number of aromatic nitrogens is 5. The molecule has 4 heterocycles. The van der Waals surface area contributed by atoms with Crippen LogP contribution in [0.1, 0.15) is 0 Å². The van der Waals surface area contributed by atoms with Crippen LogP contribution in [-0.4, -0.2) is 24.1 Å². The molecule has 6 heteroatoms. The molecule has 65 heavy (non-hydrogen) atoms. The van der Waals surface area contributed by atoms with Gasteiger partial charge in [-0.2, -0.15) is 9.97 Å². The summed E-state index contributed by atoms with van der Waals surface area (Å²) in [6.07, 6.45) is 0. The van der Waals surface area contributed by atoms with E-state index in [-0.39, 0.29) is 0 Å². The minimum atomic E-state index is 0.530. The molecule has 0 unspecified atom stereocenters. The summed E-state index contributed by atoms with van der Waals surface area (Å²) >= 11 is 0. The van der Waals surface area contributed by atoms with Crippen molar-refractivity contribution in [3.05, 3.63) is 212 Å². The van der Waals surface area contributed by atoms with Gasteiger partial charge in [0.25, 0.3) is 0 Å². The average Bonchev–Trinajstić information content (AvgIpc) is 4.03. The van der Waals surface area contributed by atoms with Crippen LogP contribution in [0.4, 0.5) is 0 Å². The second-order valence-corrected chi connectivity index (χ2v) is 16.8. The first-order valence-corrected chi connectivity index (χ1v) is 21.9. The molecule has 0 atom stereocenters. The molecule has 0 fully saturated rings. The van der Waals surface area contributed by atoms with Crippen LogP contribution in [0.2, 0.25) is 0 Å². The van der Waals surface area contributed by atoms with Crippen molar-refractivity contribution in [2.24, 2.45) is 0 Å². The first-order chi connectivity index (χ1) is 32.2. The minimum Gasteiger partial charge on any atom is -0.456 e. The Labute approximate surface area is 371 Å². The van der Waals surface area contributed by atoms with E-state index in [1.807, 2.05) is 18.2 Å². The quantitative estimate of drug-likeness (QED) is 0.173. The highest BCUT2D eigenvalue weighted by Crippen LogP contribution is 2.45. The van der Waals surface area contributed by atoms with Crippen molar-refractivity contribution in [2.75, 3.05) is 0 Å². The van der Waals surface area contributed by atoms with E-state index in [2.05, 4.69) is 203 Å².